The van der Waals surface area contributed by atoms with Gasteiger partial charge in [-0.15, -0.1) is 0 Å². The van der Waals surface area contributed by atoms with Crippen molar-refractivity contribution in [3.63, 3.8) is 0 Å². The first-order valence-electron chi connectivity index (χ1n) is 18.7. The lowest BCUT2D eigenvalue weighted by Gasteiger charge is -2.19. The minimum absolute atomic E-state index is 0.0258. The van der Waals surface area contributed by atoms with Gasteiger partial charge in [0.25, 0.3) is 11.8 Å². The van der Waals surface area contributed by atoms with Gasteiger partial charge in [-0.3, -0.25) is 19.6 Å². The summed E-state index contributed by atoms with van der Waals surface area (Å²) < 4.78 is 22.1. The molecule has 0 saturated carbocycles. The van der Waals surface area contributed by atoms with Crippen LogP contribution >= 0.6 is 0 Å². The highest BCUT2D eigenvalue weighted by molar-refractivity contribution is 6.06. The Kier molecular flexibility index (Phi) is 10.9. The lowest BCUT2D eigenvalue weighted by Crippen LogP contribution is -2.32. The Labute approximate surface area is 322 Å². The molecule has 0 N–H and O–H groups in total. The second-order valence-electron chi connectivity index (χ2n) is 13.9. The van der Waals surface area contributed by atoms with Gasteiger partial charge >= 0.3 is 0 Å². The van der Waals surface area contributed by atoms with Gasteiger partial charge in [-0.1, -0.05) is 48.9 Å². The molecule has 10 heteroatoms. The molecule has 0 unspecified atom stereocenters. The fourth-order valence-corrected chi connectivity index (χ4v) is 7.09. The maximum absolute atomic E-state index is 13.2. The molecule has 0 bridgehead atoms. The highest BCUT2D eigenvalue weighted by Crippen LogP contribution is 2.40. The number of amides is 2. The molecule has 10 nitrogen and oxygen atoms in total. The molecule has 8 rings (SSSR count). The van der Waals surface area contributed by atoms with Crippen LogP contribution in [0.4, 0.5) is 11.4 Å². The second-order valence-corrected chi connectivity index (χ2v) is 13.9. The first-order chi connectivity index (χ1) is 26.7. The fraction of sp³-hybridized carbons (Fsp3) is 0.289. The summed E-state index contributed by atoms with van der Waals surface area (Å²) in [6.07, 6.45) is 10.0. The third-order valence-corrected chi connectivity index (χ3v) is 10.1. The van der Waals surface area contributed by atoms with Crippen LogP contribution in [0, 0.1) is 13.8 Å². The van der Waals surface area contributed by atoms with Crippen LogP contribution in [0.25, 0.3) is 11.1 Å². The molecular formula is C45H46N4O6. The van der Waals surface area contributed by atoms with Gasteiger partial charge in [-0.05, 0) is 79.3 Å². The molecule has 0 aliphatic carbocycles. The number of aryl methyl sites for hydroxylation is 2. The Bertz CT molecular complexity index is 2220. The van der Waals surface area contributed by atoms with Gasteiger partial charge in [0.1, 0.15) is 11.5 Å². The number of nitrogens with zero attached hydrogens (tertiary/aromatic N) is 4. The molecule has 0 aromatic heterocycles. The molecule has 4 aromatic carbocycles. The molecular weight excluding hydrogens is 693 g/mol. The topological polar surface area (TPSA) is 102 Å². The molecule has 2 amide bonds. The van der Waals surface area contributed by atoms with E-state index in [1.54, 1.807) is 36.2 Å². The van der Waals surface area contributed by atoms with Gasteiger partial charge in [0.05, 0.1) is 62.0 Å². The summed E-state index contributed by atoms with van der Waals surface area (Å²) >= 11 is 0. The van der Waals surface area contributed by atoms with Gasteiger partial charge in [-0.25, -0.2) is 0 Å². The van der Waals surface area contributed by atoms with Crippen molar-refractivity contribution in [3.8, 4) is 23.0 Å². The average molecular weight is 739 g/mol. The Morgan fingerprint density at radius 3 is 1.73 bits per heavy atom. The number of hydrogen-bond donors (Lipinski definition) is 0. The second kappa shape index (κ2) is 16.1. The summed E-state index contributed by atoms with van der Waals surface area (Å²) in [5.74, 6) is 2.67. The number of rotatable bonds is 9. The number of hydrogen-bond acceptors (Lipinski definition) is 8. The monoisotopic (exact) mass is 738 g/mol. The Morgan fingerprint density at radius 2 is 1.20 bits per heavy atom. The molecule has 0 saturated heterocycles. The van der Waals surface area contributed by atoms with Crippen LogP contribution in [0.2, 0.25) is 0 Å². The minimum Gasteiger partial charge on any atom is -0.497 e. The number of carbonyl (C=O) groups excluding carboxylic acids is 2. The maximum Gasteiger partial charge on any atom is 0.260 e. The van der Waals surface area contributed by atoms with E-state index in [1.165, 1.54) is 5.56 Å². The molecule has 4 aromatic rings. The molecule has 4 heterocycles. The highest BCUT2D eigenvalue weighted by Gasteiger charge is 2.34. The zero-order chi connectivity index (χ0) is 38.6. The molecule has 282 valence electrons. The Balaban J connectivity index is 0.000000169. The summed E-state index contributed by atoms with van der Waals surface area (Å²) in [7, 11) is 3.23. The lowest BCUT2D eigenvalue weighted by atomic mass is 10.0. The van der Waals surface area contributed by atoms with Crippen molar-refractivity contribution in [2.75, 3.05) is 27.4 Å². The van der Waals surface area contributed by atoms with Crippen LogP contribution in [-0.2, 0) is 0 Å². The Morgan fingerprint density at radius 1 is 0.655 bits per heavy atom. The van der Waals surface area contributed by atoms with Gasteiger partial charge in [0, 0.05) is 49.8 Å². The van der Waals surface area contributed by atoms with E-state index in [4.69, 9.17) is 18.9 Å². The van der Waals surface area contributed by atoms with E-state index >= 15 is 0 Å². The molecule has 0 spiro atoms. The predicted octanol–water partition coefficient (Wildman–Crippen LogP) is 9.14. The summed E-state index contributed by atoms with van der Waals surface area (Å²) in [5.41, 5.74) is 9.08. The summed E-state index contributed by atoms with van der Waals surface area (Å²) in [6.45, 7) is 9.18. The normalized spacial score (nSPS) is 17.8. The van der Waals surface area contributed by atoms with E-state index in [9.17, 15) is 9.59 Å². The smallest absolute Gasteiger partial charge is 0.260 e. The number of benzene rings is 4. The van der Waals surface area contributed by atoms with Gasteiger partial charge in [0.15, 0.2) is 11.5 Å². The van der Waals surface area contributed by atoms with E-state index in [0.29, 0.717) is 47.2 Å². The highest BCUT2D eigenvalue weighted by atomic mass is 16.5. The number of methoxy groups -OCH3 is 2. The van der Waals surface area contributed by atoms with Crippen LogP contribution < -0.4 is 18.9 Å². The molecule has 55 heavy (non-hydrogen) atoms. The van der Waals surface area contributed by atoms with Crippen LogP contribution in [-0.4, -0.2) is 73.6 Å². The quantitative estimate of drug-likeness (QED) is 0.170. The summed E-state index contributed by atoms with van der Waals surface area (Å²) in [5, 5.41) is 0. The lowest BCUT2D eigenvalue weighted by molar-refractivity contribution is 0.0809. The van der Waals surface area contributed by atoms with Crippen molar-refractivity contribution in [1.82, 2.24) is 9.80 Å². The zero-order valence-electron chi connectivity index (χ0n) is 32.2. The van der Waals surface area contributed by atoms with Crippen molar-refractivity contribution in [2.45, 2.75) is 59.0 Å². The summed E-state index contributed by atoms with van der Waals surface area (Å²) in [4.78, 5) is 39.2. The number of aliphatic imine (C=N–C) groups is 2. The van der Waals surface area contributed by atoms with Gasteiger partial charge in [-0.2, -0.15) is 0 Å². The maximum atomic E-state index is 13.2. The van der Waals surface area contributed by atoms with Crippen molar-refractivity contribution in [2.24, 2.45) is 9.98 Å². The van der Waals surface area contributed by atoms with E-state index in [0.717, 1.165) is 58.6 Å². The first-order valence-corrected chi connectivity index (χ1v) is 18.7. The molecule has 4 aliphatic rings. The SMILES string of the molecule is CCCOc1cc2c(cc1OC)C(=O)N1C=C(c3ccc(C)cc3)C[C@H]1C=N2.CCOc1cc2c(cc1C)C(=O)N1C=C(c3ccc(OC)cc3)C[C@H]1C=N2. The molecule has 2 atom stereocenters. The number of fused-ring (bicyclic) bond motifs is 4. The van der Waals surface area contributed by atoms with Crippen LogP contribution in [0.1, 0.15) is 76.1 Å². The van der Waals surface area contributed by atoms with Gasteiger partial charge < -0.3 is 28.7 Å². The van der Waals surface area contributed by atoms with Gasteiger partial charge in [0.2, 0.25) is 0 Å². The van der Waals surface area contributed by atoms with Crippen molar-refractivity contribution in [1.29, 1.82) is 0 Å². The molecule has 4 aliphatic heterocycles. The van der Waals surface area contributed by atoms with Crippen molar-refractivity contribution >= 4 is 46.8 Å². The fourth-order valence-electron chi connectivity index (χ4n) is 7.09. The largest absolute Gasteiger partial charge is 0.497 e. The first kappa shape index (κ1) is 37.2. The number of ether oxygens (including phenoxy) is 4. The number of carbonyl (C=O) groups is 2. The third kappa shape index (κ3) is 7.62. The van der Waals surface area contributed by atoms with Crippen LogP contribution in [0.5, 0.6) is 23.0 Å². The molecule has 0 radical (unpaired) electrons. The standard InChI is InChI=1S/C23H24N2O3.C22H22N2O3/c1-4-9-28-22-12-20-19(11-21(22)27-3)23(26)25-14-17(10-18(25)13-24-20)16-7-5-15(2)6-8-16;1-4-27-21-11-20-19(9-14(21)2)22(25)24-13-16(10-17(24)12-23-20)15-5-7-18(26-3)8-6-15/h5-8,11-14,18H,4,9-10H2,1-3H3;5-9,11-13,17H,4,10H2,1-3H3/t18-;17-/m00/s1. The van der Waals surface area contributed by atoms with Crippen LogP contribution in [0.15, 0.2) is 95.2 Å². The Hall–Kier alpha value is -6.16. The summed E-state index contributed by atoms with van der Waals surface area (Å²) in [6, 6.07) is 23.4. The van der Waals surface area contributed by atoms with Crippen LogP contribution in [0.3, 0.4) is 0 Å². The van der Waals surface area contributed by atoms with E-state index in [1.807, 2.05) is 82.0 Å². The van der Waals surface area contributed by atoms with E-state index < -0.39 is 0 Å². The third-order valence-electron chi connectivity index (χ3n) is 10.1. The van der Waals surface area contributed by atoms with E-state index in [-0.39, 0.29) is 23.9 Å². The van der Waals surface area contributed by atoms with Crippen molar-refractivity contribution < 1.29 is 28.5 Å². The zero-order valence-corrected chi connectivity index (χ0v) is 32.2. The average Bonchev–Trinajstić information content (AvgIpc) is 3.78. The minimum atomic E-state index is -0.0813. The predicted molar refractivity (Wildman–Crippen MR) is 217 cm³/mol. The molecule has 0 fully saturated rings. The van der Waals surface area contributed by atoms with Crippen molar-refractivity contribution in [3.05, 3.63) is 119 Å². The van der Waals surface area contributed by atoms with E-state index in [2.05, 4.69) is 41.2 Å².